The first-order chi connectivity index (χ1) is 5.19. The number of rotatable bonds is 1. The maximum atomic E-state index is 6.95. The van der Waals surface area contributed by atoms with E-state index in [1.54, 1.807) is 0 Å². The Bertz CT molecular complexity index is 165. The standard InChI is InChI=1S/C9H15NO/c1-8(10-3)9(2)4-6-11-7-5-9/h8H,4-7H2,1-2H3. The zero-order chi connectivity index (χ0) is 8.32. The quantitative estimate of drug-likeness (QED) is 0.526. The fourth-order valence-corrected chi connectivity index (χ4v) is 1.41. The minimum Gasteiger partial charge on any atom is -0.381 e. The Kier molecular flexibility index (Phi) is 2.51. The van der Waals surface area contributed by atoms with Crippen LogP contribution in [0.4, 0.5) is 0 Å². The number of hydrogen-bond acceptors (Lipinski definition) is 1. The van der Waals surface area contributed by atoms with Crippen LogP contribution in [0.5, 0.6) is 0 Å². The van der Waals surface area contributed by atoms with E-state index in [1.165, 1.54) is 0 Å². The molecule has 1 heterocycles. The van der Waals surface area contributed by atoms with Crippen LogP contribution in [0.25, 0.3) is 4.85 Å². The molecule has 0 N–H and O–H groups in total. The second-order valence-electron chi connectivity index (χ2n) is 3.57. The SMILES string of the molecule is [C-]#[N+]C(C)C1(C)CCOCC1. The molecule has 1 saturated heterocycles. The topological polar surface area (TPSA) is 13.6 Å². The van der Waals surface area contributed by atoms with Crippen molar-refractivity contribution >= 4 is 0 Å². The van der Waals surface area contributed by atoms with Crippen LogP contribution in [0.2, 0.25) is 0 Å². The summed E-state index contributed by atoms with van der Waals surface area (Å²) in [6.45, 7) is 12.8. The van der Waals surface area contributed by atoms with Gasteiger partial charge in [0.15, 0.2) is 0 Å². The molecule has 0 amide bonds. The van der Waals surface area contributed by atoms with Gasteiger partial charge in [-0.2, -0.15) is 0 Å². The Morgan fingerprint density at radius 2 is 2.00 bits per heavy atom. The van der Waals surface area contributed by atoms with E-state index in [0.29, 0.717) is 0 Å². The lowest BCUT2D eigenvalue weighted by Gasteiger charge is -2.32. The number of nitrogens with zero attached hydrogens (tertiary/aromatic N) is 1. The van der Waals surface area contributed by atoms with E-state index in [-0.39, 0.29) is 11.5 Å². The van der Waals surface area contributed by atoms with Gasteiger partial charge in [-0.25, -0.2) is 6.57 Å². The Hall–Kier alpha value is -0.550. The van der Waals surface area contributed by atoms with E-state index in [2.05, 4.69) is 11.8 Å². The first kappa shape index (κ1) is 8.55. The number of ether oxygens (including phenoxy) is 1. The summed E-state index contributed by atoms with van der Waals surface area (Å²) in [6.07, 6.45) is 2.08. The molecule has 0 aliphatic carbocycles. The summed E-state index contributed by atoms with van der Waals surface area (Å²) in [5, 5.41) is 0. The predicted molar refractivity (Wildman–Crippen MR) is 44.2 cm³/mol. The first-order valence-electron chi connectivity index (χ1n) is 4.13. The van der Waals surface area contributed by atoms with Crippen molar-refractivity contribution in [2.75, 3.05) is 13.2 Å². The maximum Gasteiger partial charge on any atom is 0.226 e. The van der Waals surface area contributed by atoms with Crippen LogP contribution < -0.4 is 0 Å². The van der Waals surface area contributed by atoms with Crippen molar-refractivity contribution in [2.24, 2.45) is 5.41 Å². The third-order valence-corrected chi connectivity index (χ3v) is 2.84. The van der Waals surface area contributed by atoms with Crippen molar-refractivity contribution < 1.29 is 4.74 Å². The predicted octanol–water partition coefficient (Wildman–Crippen LogP) is 2.11. The highest BCUT2D eigenvalue weighted by molar-refractivity contribution is 4.92. The average molecular weight is 153 g/mol. The summed E-state index contributed by atoms with van der Waals surface area (Å²) in [5.41, 5.74) is 0.208. The lowest BCUT2D eigenvalue weighted by molar-refractivity contribution is 0.0193. The molecule has 1 rings (SSSR count). The van der Waals surface area contributed by atoms with Gasteiger partial charge in [-0.05, 0) is 12.8 Å². The molecule has 2 nitrogen and oxygen atoms in total. The summed E-state index contributed by atoms with van der Waals surface area (Å²) in [4.78, 5) is 3.58. The molecular weight excluding hydrogens is 138 g/mol. The lowest BCUT2D eigenvalue weighted by atomic mass is 9.77. The van der Waals surface area contributed by atoms with Crippen LogP contribution in [0, 0.1) is 12.0 Å². The van der Waals surface area contributed by atoms with Crippen molar-refractivity contribution in [1.82, 2.24) is 0 Å². The summed E-state index contributed by atoms with van der Waals surface area (Å²) >= 11 is 0. The van der Waals surface area contributed by atoms with Gasteiger partial charge in [-0.3, -0.25) is 0 Å². The molecule has 0 aromatic carbocycles. The summed E-state index contributed by atoms with van der Waals surface area (Å²) < 4.78 is 5.26. The smallest absolute Gasteiger partial charge is 0.226 e. The minimum absolute atomic E-state index is 0.145. The first-order valence-corrected chi connectivity index (χ1v) is 4.13. The molecule has 0 bridgehead atoms. The van der Waals surface area contributed by atoms with Gasteiger partial charge in [0.25, 0.3) is 0 Å². The van der Waals surface area contributed by atoms with E-state index in [1.807, 2.05) is 6.92 Å². The largest absolute Gasteiger partial charge is 0.381 e. The number of hydrogen-bond donors (Lipinski definition) is 0. The molecule has 1 aliphatic rings. The second kappa shape index (κ2) is 3.23. The van der Waals surface area contributed by atoms with Gasteiger partial charge in [0, 0.05) is 25.6 Å². The fourth-order valence-electron chi connectivity index (χ4n) is 1.41. The normalized spacial score (nSPS) is 25.5. The van der Waals surface area contributed by atoms with Crippen LogP contribution in [0.15, 0.2) is 0 Å². The molecule has 1 fully saturated rings. The fraction of sp³-hybridized carbons (Fsp3) is 0.889. The van der Waals surface area contributed by atoms with Crippen LogP contribution in [0.1, 0.15) is 26.7 Å². The van der Waals surface area contributed by atoms with Crippen LogP contribution in [-0.2, 0) is 4.74 Å². The molecule has 0 saturated carbocycles. The molecule has 1 atom stereocenters. The van der Waals surface area contributed by atoms with Crippen molar-refractivity contribution in [3.63, 3.8) is 0 Å². The maximum absolute atomic E-state index is 6.95. The molecule has 0 radical (unpaired) electrons. The molecule has 0 aromatic heterocycles. The van der Waals surface area contributed by atoms with Gasteiger partial charge in [-0.1, -0.05) is 6.92 Å². The Morgan fingerprint density at radius 1 is 1.45 bits per heavy atom. The van der Waals surface area contributed by atoms with E-state index in [9.17, 15) is 0 Å². The van der Waals surface area contributed by atoms with Gasteiger partial charge in [0.1, 0.15) is 0 Å². The molecule has 2 heteroatoms. The van der Waals surface area contributed by atoms with Crippen LogP contribution >= 0.6 is 0 Å². The molecule has 1 unspecified atom stereocenters. The minimum atomic E-state index is 0.145. The Labute approximate surface area is 68.4 Å². The van der Waals surface area contributed by atoms with Crippen LogP contribution in [0.3, 0.4) is 0 Å². The third-order valence-electron chi connectivity index (χ3n) is 2.84. The van der Waals surface area contributed by atoms with E-state index in [0.717, 1.165) is 26.1 Å². The molecule has 0 spiro atoms. The van der Waals surface area contributed by atoms with Crippen molar-refractivity contribution in [1.29, 1.82) is 0 Å². The highest BCUT2D eigenvalue weighted by atomic mass is 16.5. The Morgan fingerprint density at radius 3 is 2.45 bits per heavy atom. The summed E-state index contributed by atoms with van der Waals surface area (Å²) in [7, 11) is 0. The van der Waals surface area contributed by atoms with Gasteiger partial charge < -0.3 is 9.58 Å². The van der Waals surface area contributed by atoms with E-state index < -0.39 is 0 Å². The molecule has 62 valence electrons. The van der Waals surface area contributed by atoms with Gasteiger partial charge in [-0.15, -0.1) is 0 Å². The van der Waals surface area contributed by atoms with Crippen LogP contribution in [-0.4, -0.2) is 19.3 Å². The van der Waals surface area contributed by atoms with Gasteiger partial charge in [0.05, 0.1) is 0 Å². The lowest BCUT2D eigenvalue weighted by Crippen LogP contribution is -2.34. The zero-order valence-electron chi connectivity index (χ0n) is 7.26. The highest BCUT2D eigenvalue weighted by Crippen LogP contribution is 2.34. The molecular formula is C9H15NO. The molecule has 11 heavy (non-hydrogen) atoms. The van der Waals surface area contributed by atoms with Crippen molar-refractivity contribution in [3.8, 4) is 0 Å². The molecule has 0 aromatic rings. The van der Waals surface area contributed by atoms with Crippen molar-refractivity contribution in [3.05, 3.63) is 11.4 Å². The van der Waals surface area contributed by atoms with Crippen molar-refractivity contribution in [2.45, 2.75) is 32.7 Å². The Balaban J connectivity index is 2.57. The van der Waals surface area contributed by atoms with E-state index >= 15 is 0 Å². The van der Waals surface area contributed by atoms with Gasteiger partial charge in [0.2, 0.25) is 6.04 Å². The third kappa shape index (κ3) is 1.72. The molecule has 1 aliphatic heterocycles. The summed E-state index contributed by atoms with van der Waals surface area (Å²) in [6, 6.07) is 0.145. The highest BCUT2D eigenvalue weighted by Gasteiger charge is 2.37. The zero-order valence-corrected chi connectivity index (χ0v) is 7.26. The van der Waals surface area contributed by atoms with Gasteiger partial charge >= 0.3 is 0 Å². The second-order valence-corrected chi connectivity index (χ2v) is 3.57. The summed E-state index contributed by atoms with van der Waals surface area (Å²) in [5.74, 6) is 0. The average Bonchev–Trinajstić information content (AvgIpc) is 2.04. The monoisotopic (exact) mass is 153 g/mol. The van der Waals surface area contributed by atoms with E-state index in [4.69, 9.17) is 11.3 Å².